The fourth-order valence-corrected chi connectivity index (χ4v) is 3.32. The smallest absolute Gasteiger partial charge is 0.261 e. The van der Waals surface area contributed by atoms with Gasteiger partial charge in [-0.2, -0.15) is 0 Å². The van der Waals surface area contributed by atoms with Gasteiger partial charge < -0.3 is 0 Å². The molecule has 0 unspecified atom stereocenters. The van der Waals surface area contributed by atoms with Crippen LogP contribution in [0.4, 0.5) is 14.5 Å². The van der Waals surface area contributed by atoms with Crippen LogP contribution in [0.25, 0.3) is 0 Å². The molecule has 2 aromatic carbocycles. The second-order valence-corrected chi connectivity index (χ2v) is 8.18. The highest BCUT2D eigenvalue weighted by Crippen LogP contribution is 2.19. The van der Waals surface area contributed by atoms with Crippen LogP contribution in [0.15, 0.2) is 52.3 Å². The van der Waals surface area contributed by atoms with Crippen LogP contribution in [0.3, 0.4) is 0 Å². The van der Waals surface area contributed by atoms with Crippen molar-refractivity contribution in [3.63, 3.8) is 0 Å². The Kier molecular flexibility index (Phi) is 4.21. The molecule has 0 aliphatic heterocycles. The SMILES string of the molecule is CS(=O)(=O)c1ccc(S(=O)(=O)Nc2ccc(F)c(F)c2)cc1. The van der Waals surface area contributed by atoms with Crippen LogP contribution in [-0.2, 0) is 19.9 Å². The third-order valence-corrected chi connectivity index (χ3v) is 5.26. The van der Waals surface area contributed by atoms with E-state index in [9.17, 15) is 25.6 Å². The largest absolute Gasteiger partial charge is 0.280 e. The third kappa shape index (κ3) is 3.60. The molecule has 0 spiro atoms. The summed E-state index contributed by atoms with van der Waals surface area (Å²) >= 11 is 0. The van der Waals surface area contributed by atoms with E-state index in [0.29, 0.717) is 6.07 Å². The third-order valence-electron chi connectivity index (χ3n) is 2.73. The number of sulfonamides is 1. The number of nitrogens with one attached hydrogen (secondary N) is 1. The molecule has 0 bridgehead atoms. The number of rotatable bonds is 4. The highest BCUT2D eigenvalue weighted by molar-refractivity contribution is 7.92. The molecule has 0 amide bonds. The topological polar surface area (TPSA) is 80.3 Å². The van der Waals surface area contributed by atoms with E-state index < -0.39 is 31.5 Å². The molecule has 2 rings (SSSR count). The molecular formula is C13H11F2NO4S2. The first kappa shape index (κ1) is 16.4. The summed E-state index contributed by atoms with van der Waals surface area (Å²) in [5.74, 6) is -2.28. The van der Waals surface area contributed by atoms with Crippen LogP contribution in [0.5, 0.6) is 0 Å². The van der Waals surface area contributed by atoms with E-state index in [1.807, 2.05) is 0 Å². The molecular weight excluding hydrogens is 336 g/mol. The first-order valence-electron chi connectivity index (χ1n) is 5.87. The minimum absolute atomic E-state index is 0.0284. The lowest BCUT2D eigenvalue weighted by Crippen LogP contribution is -2.13. The maximum atomic E-state index is 13.1. The van der Waals surface area contributed by atoms with Gasteiger partial charge in [-0.15, -0.1) is 0 Å². The summed E-state index contributed by atoms with van der Waals surface area (Å²) < 4.78 is 74.7. The molecule has 0 aliphatic rings. The van der Waals surface area contributed by atoms with Gasteiger partial charge in [0.1, 0.15) is 0 Å². The van der Waals surface area contributed by atoms with Crippen LogP contribution >= 0.6 is 0 Å². The first-order valence-corrected chi connectivity index (χ1v) is 9.25. The van der Waals surface area contributed by atoms with E-state index >= 15 is 0 Å². The van der Waals surface area contributed by atoms with E-state index in [2.05, 4.69) is 4.72 Å². The number of sulfone groups is 1. The van der Waals surface area contributed by atoms with Crippen LogP contribution in [0, 0.1) is 11.6 Å². The van der Waals surface area contributed by atoms with Crippen molar-refractivity contribution in [2.45, 2.75) is 9.79 Å². The fraction of sp³-hybridized carbons (Fsp3) is 0.0769. The quantitative estimate of drug-likeness (QED) is 0.919. The van der Waals surface area contributed by atoms with Crippen molar-refractivity contribution in [3.05, 3.63) is 54.1 Å². The van der Waals surface area contributed by atoms with E-state index in [1.165, 1.54) is 0 Å². The van der Waals surface area contributed by atoms with Gasteiger partial charge in [-0.1, -0.05) is 0 Å². The second kappa shape index (κ2) is 5.65. The molecule has 0 saturated heterocycles. The molecule has 2 aromatic rings. The highest BCUT2D eigenvalue weighted by Gasteiger charge is 2.16. The average Bonchev–Trinajstić information content (AvgIpc) is 2.42. The molecule has 0 aliphatic carbocycles. The highest BCUT2D eigenvalue weighted by atomic mass is 32.2. The maximum Gasteiger partial charge on any atom is 0.261 e. The van der Waals surface area contributed by atoms with Gasteiger partial charge in [-0.05, 0) is 36.4 Å². The maximum absolute atomic E-state index is 13.1. The number of benzene rings is 2. The van der Waals surface area contributed by atoms with Crippen molar-refractivity contribution < 1.29 is 25.6 Å². The Hall–Kier alpha value is -2.00. The van der Waals surface area contributed by atoms with Crippen molar-refractivity contribution in [2.24, 2.45) is 0 Å². The fourth-order valence-electron chi connectivity index (χ4n) is 1.64. The molecule has 0 fully saturated rings. The van der Waals surface area contributed by atoms with Crippen LogP contribution in [0.2, 0.25) is 0 Å². The van der Waals surface area contributed by atoms with E-state index in [-0.39, 0.29) is 15.5 Å². The first-order chi connectivity index (χ1) is 10.1. The van der Waals surface area contributed by atoms with Gasteiger partial charge in [-0.25, -0.2) is 25.6 Å². The van der Waals surface area contributed by atoms with Gasteiger partial charge >= 0.3 is 0 Å². The van der Waals surface area contributed by atoms with Crippen LogP contribution in [-0.4, -0.2) is 23.1 Å². The Labute approximate surface area is 126 Å². The molecule has 22 heavy (non-hydrogen) atoms. The normalized spacial score (nSPS) is 12.1. The minimum atomic E-state index is -4.04. The second-order valence-electron chi connectivity index (χ2n) is 4.48. The summed E-state index contributed by atoms with van der Waals surface area (Å²) in [6, 6.07) is 7.08. The number of anilines is 1. The number of hydrogen-bond acceptors (Lipinski definition) is 4. The van der Waals surface area contributed by atoms with Crippen molar-refractivity contribution in [3.8, 4) is 0 Å². The molecule has 5 nitrogen and oxygen atoms in total. The number of halogens is 2. The van der Waals surface area contributed by atoms with Crippen molar-refractivity contribution >= 4 is 25.5 Å². The summed E-state index contributed by atoms with van der Waals surface area (Å²) in [6.07, 6.45) is 0.996. The molecule has 0 aromatic heterocycles. The zero-order chi connectivity index (χ0) is 16.5. The van der Waals surface area contributed by atoms with Crippen molar-refractivity contribution in [2.75, 3.05) is 11.0 Å². The van der Waals surface area contributed by atoms with Gasteiger partial charge in [0.25, 0.3) is 10.0 Å². The van der Waals surface area contributed by atoms with Gasteiger partial charge in [0.2, 0.25) is 0 Å². The lowest BCUT2D eigenvalue weighted by atomic mass is 10.3. The van der Waals surface area contributed by atoms with Crippen molar-refractivity contribution in [1.29, 1.82) is 0 Å². The summed E-state index contributed by atoms with van der Waals surface area (Å²) in [5.41, 5.74) is -0.147. The van der Waals surface area contributed by atoms with E-state index in [4.69, 9.17) is 0 Å². The van der Waals surface area contributed by atoms with Crippen LogP contribution < -0.4 is 4.72 Å². The number of hydrogen-bond donors (Lipinski definition) is 1. The lowest BCUT2D eigenvalue weighted by Gasteiger charge is -2.09. The molecule has 0 atom stereocenters. The summed E-state index contributed by atoms with van der Waals surface area (Å²) in [5, 5.41) is 0. The molecule has 118 valence electrons. The molecule has 9 heteroatoms. The predicted molar refractivity (Wildman–Crippen MR) is 76.7 cm³/mol. The molecule has 0 radical (unpaired) electrons. The van der Waals surface area contributed by atoms with Gasteiger partial charge in [0.05, 0.1) is 15.5 Å². The Morgan fingerprint density at radius 1 is 0.818 bits per heavy atom. The van der Waals surface area contributed by atoms with E-state index in [1.54, 1.807) is 0 Å². The molecule has 1 N–H and O–H groups in total. The summed E-state index contributed by atoms with van der Waals surface area (Å²) in [7, 11) is -7.48. The standard InChI is InChI=1S/C13H11F2NO4S2/c1-21(17,18)10-3-5-11(6-4-10)22(19,20)16-9-2-7-12(14)13(15)8-9/h2-8,16H,1H3. The van der Waals surface area contributed by atoms with E-state index in [0.717, 1.165) is 42.7 Å². The zero-order valence-corrected chi connectivity index (χ0v) is 12.9. The van der Waals surface area contributed by atoms with Gasteiger partial charge in [-0.3, -0.25) is 4.72 Å². The molecule has 0 heterocycles. The Morgan fingerprint density at radius 3 is 1.86 bits per heavy atom. The Morgan fingerprint density at radius 2 is 1.36 bits per heavy atom. The Bertz CT molecular complexity index is 908. The van der Waals surface area contributed by atoms with Crippen molar-refractivity contribution in [1.82, 2.24) is 0 Å². The molecule has 0 saturated carbocycles. The predicted octanol–water partition coefficient (Wildman–Crippen LogP) is 2.17. The monoisotopic (exact) mass is 347 g/mol. The minimum Gasteiger partial charge on any atom is -0.280 e. The zero-order valence-electron chi connectivity index (χ0n) is 11.2. The van der Waals surface area contributed by atoms with Gasteiger partial charge in [0.15, 0.2) is 21.5 Å². The van der Waals surface area contributed by atoms with Crippen LogP contribution in [0.1, 0.15) is 0 Å². The van der Waals surface area contributed by atoms with Gasteiger partial charge in [0, 0.05) is 12.3 Å². The summed E-state index contributed by atoms with van der Waals surface area (Å²) in [6.45, 7) is 0. The average molecular weight is 347 g/mol. The lowest BCUT2D eigenvalue weighted by molar-refractivity contribution is 0.509. The Balaban J connectivity index is 2.32. The summed E-state index contributed by atoms with van der Waals surface area (Å²) in [4.78, 5) is -0.232.